The van der Waals surface area contributed by atoms with Gasteiger partial charge in [0, 0.05) is 20.1 Å². The second kappa shape index (κ2) is 6.53. The minimum Gasteiger partial charge on any atom is -0.385 e. The Bertz CT molecular complexity index is 275. The predicted octanol–water partition coefficient (Wildman–Crippen LogP) is 1.45. The predicted molar refractivity (Wildman–Crippen MR) is 56.3 cm³/mol. The Morgan fingerprint density at radius 2 is 2.33 bits per heavy atom. The first kappa shape index (κ1) is 12.1. The van der Waals surface area contributed by atoms with Crippen molar-refractivity contribution in [3.05, 3.63) is 11.7 Å². The van der Waals surface area contributed by atoms with E-state index < -0.39 is 0 Å². The molecular weight excluding hydrogens is 194 g/mol. The lowest BCUT2D eigenvalue weighted by Gasteiger charge is -2.04. The summed E-state index contributed by atoms with van der Waals surface area (Å²) >= 11 is 0. The summed E-state index contributed by atoms with van der Waals surface area (Å²) in [5.74, 6) is 1.26. The van der Waals surface area contributed by atoms with Crippen LogP contribution in [-0.4, -0.2) is 23.9 Å². The Kier molecular flexibility index (Phi) is 5.28. The molecule has 0 aliphatic rings. The average Bonchev–Trinajstić information content (AvgIpc) is 2.71. The van der Waals surface area contributed by atoms with Crippen molar-refractivity contribution >= 4 is 0 Å². The van der Waals surface area contributed by atoms with E-state index in [1.807, 2.05) is 0 Å². The van der Waals surface area contributed by atoms with E-state index in [2.05, 4.69) is 17.1 Å². The number of nitrogens with zero attached hydrogens (tertiary/aromatic N) is 2. The van der Waals surface area contributed by atoms with Gasteiger partial charge in [0.2, 0.25) is 5.89 Å². The van der Waals surface area contributed by atoms with Crippen LogP contribution in [0.3, 0.4) is 0 Å². The Morgan fingerprint density at radius 3 is 3.00 bits per heavy atom. The van der Waals surface area contributed by atoms with Crippen LogP contribution < -0.4 is 5.73 Å². The van der Waals surface area contributed by atoms with Crippen LogP contribution >= 0.6 is 0 Å². The number of nitrogens with two attached hydrogens (primary N) is 1. The molecule has 15 heavy (non-hydrogen) atoms. The largest absolute Gasteiger partial charge is 0.385 e. The van der Waals surface area contributed by atoms with Gasteiger partial charge in [0.1, 0.15) is 0 Å². The van der Waals surface area contributed by atoms with E-state index in [-0.39, 0.29) is 6.04 Å². The van der Waals surface area contributed by atoms with Crippen LogP contribution in [0.4, 0.5) is 0 Å². The summed E-state index contributed by atoms with van der Waals surface area (Å²) in [6, 6.07) is -0.215. The average molecular weight is 213 g/mol. The third-order valence-corrected chi connectivity index (χ3v) is 2.19. The first-order chi connectivity index (χ1) is 7.27. The normalized spacial score (nSPS) is 13.0. The van der Waals surface area contributed by atoms with Crippen molar-refractivity contribution in [3.63, 3.8) is 0 Å². The zero-order chi connectivity index (χ0) is 11.1. The van der Waals surface area contributed by atoms with Gasteiger partial charge >= 0.3 is 0 Å². The maximum Gasteiger partial charge on any atom is 0.243 e. The van der Waals surface area contributed by atoms with Gasteiger partial charge in [0.25, 0.3) is 0 Å². The summed E-state index contributed by atoms with van der Waals surface area (Å²) < 4.78 is 10.0. The zero-order valence-electron chi connectivity index (χ0n) is 9.40. The monoisotopic (exact) mass is 213 g/mol. The van der Waals surface area contributed by atoms with Gasteiger partial charge in [0.15, 0.2) is 5.82 Å². The molecule has 1 heterocycles. The highest BCUT2D eigenvalue weighted by atomic mass is 16.5. The molecule has 5 nitrogen and oxygen atoms in total. The minimum atomic E-state index is -0.215. The van der Waals surface area contributed by atoms with E-state index in [9.17, 15) is 0 Å². The van der Waals surface area contributed by atoms with Crippen molar-refractivity contribution < 1.29 is 9.26 Å². The number of methoxy groups -OCH3 is 1. The summed E-state index contributed by atoms with van der Waals surface area (Å²) in [6.07, 6.45) is 3.76. The van der Waals surface area contributed by atoms with Crippen LogP contribution in [0.2, 0.25) is 0 Å². The Morgan fingerprint density at radius 1 is 1.53 bits per heavy atom. The summed E-state index contributed by atoms with van der Waals surface area (Å²) in [6.45, 7) is 2.74. The number of aryl methyl sites for hydroxylation is 1. The fourth-order valence-electron chi connectivity index (χ4n) is 1.22. The van der Waals surface area contributed by atoms with Crippen molar-refractivity contribution in [1.29, 1.82) is 0 Å². The van der Waals surface area contributed by atoms with Gasteiger partial charge in [-0.2, -0.15) is 4.98 Å². The first-order valence-electron chi connectivity index (χ1n) is 5.35. The number of hydrogen-bond donors (Lipinski definition) is 1. The molecule has 0 aromatic carbocycles. The maximum absolute atomic E-state index is 5.85. The van der Waals surface area contributed by atoms with E-state index in [1.54, 1.807) is 7.11 Å². The van der Waals surface area contributed by atoms with E-state index in [1.165, 1.54) is 0 Å². The van der Waals surface area contributed by atoms with Gasteiger partial charge in [-0.25, -0.2) is 0 Å². The van der Waals surface area contributed by atoms with Crippen molar-refractivity contribution in [2.75, 3.05) is 13.7 Å². The molecule has 1 atom stereocenters. The van der Waals surface area contributed by atoms with E-state index in [0.717, 1.165) is 25.1 Å². The fraction of sp³-hybridized carbons (Fsp3) is 0.800. The van der Waals surface area contributed by atoms with Crippen LogP contribution in [0.1, 0.15) is 43.9 Å². The van der Waals surface area contributed by atoms with Gasteiger partial charge in [-0.15, -0.1) is 0 Å². The van der Waals surface area contributed by atoms with Gasteiger partial charge in [-0.1, -0.05) is 18.5 Å². The summed E-state index contributed by atoms with van der Waals surface area (Å²) in [5.41, 5.74) is 5.85. The van der Waals surface area contributed by atoms with Crippen molar-refractivity contribution in [1.82, 2.24) is 10.1 Å². The molecule has 86 valence electrons. The van der Waals surface area contributed by atoms with Crippen LogP contribution in [0, 0.1) is 0 Å². The molecular formula is C10H19N3O2. The van der Waals surface area contributed by atoms with Crippen molar-refractivity contribution in [2.24, 2.45) is 5.73 Å². The van der Waals surface area contributed by atoms with E-state index in [0.29, 0.717) is 18.9 Å². The number of ether oxygens (including phenoxy) is 1. The molecule has 0 aliphatic carbocycles. The third-order valence-electron chi connectivity index (χ3n) is 2.19. The summed E-state index contributed by atoms with van der Waals surface area (Å²) in [7, 11) is 1.65. The standard InChI is InChI=1S/C10H19N3O2/c1-3-4-5-9-12-10(15-13-9)8(11)6-7-14-2/h8H,3-7,11H2,1-2H3. The molecule has 0 fully saturated rings. The highest BCUT2D eigenvalue weighted by molar-refractivity contribution is 4.91. The SMILES string of the molecule is CCCCc1noc(C(N)CCOC)n1. The van der Waals surface area contributed by atoms with Gasteiger partial charge in [0.05, 0.1) is 6.04 Å². The maximum atomic E-state index is 5.85. The number of hydrogen-bond acceptors (Lipinski definition) is 5. The Labute approximate surface area is 90.0 Å². The molecule has 0 saturated heterocycles. The Hall–Kier alpha value is -0.940. The van der Waals surface area contributed by atoms with E-state index in [4.69, 9.17) is 15.0 Å². The molecule has 1 rings (SSSR count). The Balaban J connectivity index is 2.43. The molecule has 5 heteroatoms. The van der Waals surface area contributed by atoms with Crippen LogP contribution in [-0.2, 0) is 11.2 Å². The van der Waals surface area contributed by atoms with Crippen LogP contribution in [0.25, 0.3) is 0 Å². The van der Waals surface area contributed by atoms with Crippen LogP contribution in [0.5, 0.6) is 0 Å². The van der Waals surface area contributed by atoms with Crippen molar-refractivity contribution in [2.45, 2.75) is 38.6 Å². The second-order valence-electron chi connectivity index (χ2n) is 3.54. The molecule has 0 amide bonds. The molecule has 2 N–H and O–H groups in total. The molecule has 1 aromatic heterocycles. The zero-order valence-corrected chi connectivity index (χ0v) is 9.40. The van der Waals surface area contributed by atoms with Crippen LogP contribution in [0.15, 0.2) is 4.52 Å². The number of aromatic nitrogens is 2. The highest BCUT2D eigenvalue weighted by Crippen LogP contribution is 2.12. The molecule has 0 bridgehead atoms. The molecule has 1 unspecified atom stereocenters. The summed E-state index contributed by atoms with van der Waals surface area (Å²) in [4.78, 5) is 4.24. The first-order valence-corrected chi connectivity index (χ1v) is 5.35. The lowest BCUT2D eigenvalue weighted by molar-refractivity contribution is 0.182. The summed E-state index contributed by atoms with van der Waals surface area (Å²) in [5, 5.41) is 3.88. The highest BCUT2D eigenvalue weighted by Gasteiger charge is 2.13. The minimum absolute atomic E-state index is 0.215. The second-order valence-corrected chi connectivity index (χ2v) is 3.54. The third kappa shape index (κ3) is 3.97. The lowest BCUT2D eigenvalue weighted by atomic mass is 10.2. The smallest absolute Gasteiger partial charge is 0.243 e. The molecule has 0 radical (unpaired) electrons. The van der Waals surface area contributed by atoms with Gasteiger partial charge < -0.3 is 15.0 Å². The fourth-order valence-corrected chi connectivity index (χ4v) is 1.22. The number of rotatable bonds is 7. The van der Waals surface area contributed by atoms with Gasteiger partial charge in [-0.05, 0) is 12.8 Å². The molecule has 0 saturated carbocycles. The topological polar surface area (TPSA) is 74.2 Å². The molecule has 0 aliphatic heterocycles. The van der Waals surface area contributed by atoms with Gasteiger partial charge in [-0.3, -0.25) is 0 Å². The van der Waals surface area contributed by atoms with E-state index >= 15 is 0 Å². The molecule has 1 aromatic rings. The molecule has 0 spiro atoms. The van der Waals surface area contributed by atoms with Crippen molar-refractivity contribution in [3.8, 4) is 0 Å². The number of unbranched alkanes of at least 4 members (excludes halogenated alkanes) is 1. The lowest BCUT2D eigenvalue weighted by Crippen LogP contribution is -2.13. The quantitative estimate of drug-likeness (QED) is 0.742.